The van der Waals surface area contributed by atoms with Crippen LogP contribution in [0.4, 0.5) is 5.69 Å². The van der Waals surface area contributed by atoms with Crippen molar-refractivity contribution in [2.45, 2.75) is 6.54 Å². The van der Waals surface area contributed by atoms with Crippen LogP contribution in [-0.2, 0) is 6.54 Å². The van der Waals surface area contributed by atoms with E-state index in [1.165, 1.54) is 0 Å². The van der Waals surface area contributed by atoms with Crippen molar-refractivity contribution in [1.82, 2.24) is 9.78 Å². The van der Waals surface area contributed by atoms with Gasteiger partial charge >= 0.3 is 0 Å². The van der Waals surface area contributed by atoms with E-state index in [-0.39, 0.29) is 0 Å². The van der Waals surface area contributed by atoms with Crippen molar-refractivity contribution in [3.63, 3.8) is 0 Å². The van der Waals surface area contributed by atoms with Gasteiger partial charge < -0.3 is 5.73 Å². The molecule has 74 valence electrons. The minimum absolute atomic E-state index is 0.795. The molecule has 2 rings (SSSR count). The van der Waals surface area contributed by atoms with E-state index >= 15 is 0 Å². The van der Waals surface area contributed by atoms with Crippen molar-refractivity contribution in [1.29, 1.82) is 0 Å². The Kier molecular flexibility index (Phi) is 2.63. The Morgan fingerprint density at radius 2 is 2.36 bits per heavy atom. The summed E-state index contributed by atoms with van der Waals surface area (Å²) in [7, 11) is 0. The molecule has 0 aliphatic heterocycles. The van der Waals surface area contributed by atoms with Crippen LogP contribution in [0, 0.1) is 0 Å². The first-order valence-electron chi connectivity index (χ1n) is 4.51. The molecule has 0 aliphatic rings. The molecule has 2 aromatic rings. The lowest BCUT2D eigenvalue weighted by Crippen LogP contribution is -2.01. The summed E-state index contributed by atoms with van der Waals surface area (Å²) in [6.45, 7) is 0.939. The number of thioether (sulfide) groups is 1. The number of nitrogens with zero attached hydrogens (tertiary/aromatic N) is 2. The lowest BCUT2D eigenvalue weighted by Gasteiger charge is -2.01. The Bertz CT molecular complexity index is 436. The molecule has 0 fully saturated rings. The highest BCUT2D eigenvalue weighted by molar-refractivity contribution is 7.98. The molecule has 1 heterocycles. The summed E-state index contributed by atoms with van der Waals surface area (Å²) in [5.41, 5.74) is 7.65. The number of nitrogens with two attached hydrogens (primary N) is 1. The summed E-state index contributed by atoms with van der Waals surface area (Å²) in [4.78, 5) is 0. The van der Waals surface area contributed by atoms with Crippen LogP contribution in [0.15, 0.2) is 24.4 Å². The van der Waals surface area contributed by atoms with E-state index in [0.717, 1.165) is 28.9 Å². The summed E-state index contributed by atoms with van der Waals surface area (Å²) in [5, 5.41) is 5.47. The number of hydrogen-bond acceptors (Lipinski definition) is 3. The second-order valence-electron chi connectivity index (χ2n) is 3.18. The Labute approximate surface area is 87.3 Å². The fourth-order valence-electron chi connectivity index (χ4n) is 1.44. The molecule has 0 spiro atoms. The average Bonchev–Trinajstić information content (AvgIpc) is 2.57. The predicted octanol–water partition coefficient (Wildman–Crippen LogP) is 1.98. The van der Waals surface area contributed by atoms with Gasteiger partial charge in [-0.15, -0.1) is 0 Å². The molecule has 2 N–H and O–H groups in total. The van der Waals surface area contributed by atoms with Gasteiger partial charge in [-0.25, -0.2) is 0 Å². The number of rotatable bonds is 3. The quantitative estimate of drug-likeness (QED) is 0.783. The van der Waals surface area contributed by atoms with Crippen molar-refractivity contribution in [2.24, 2.45) is 0 Å². The van der Waals surface area contributed by atoms with Crippen LogP contribution in [0.3, 0.4) is 0 Å². The smallest absolute Gasteiger partial charge is 0.0703 e. The molecule has 0 saturated heterocycles. The molecule has 0 unspecified atom stereocenters. The van der Waals surface area contributed by atoms with Crippen molar-refractivity contribution in [3.8, 4) is 0 Å². The fraction of sp³-hybridized carbons (Fsp3) is 0.300. The molecule has 0 aliphatic carbocycles. The topological polar surface area (TPSA) is 43.8 Å². The van der Waals surface area contributed by atoms with Gasteiger partial charge in [-0.05, 0) is 24.5 Å². The third-order valence-electron chi connectivity index (χ3n) is 2.18. The lowest BCUT2D eigenvalue weighted by atomic mass is 10.2. The number of benzene rings is 1. The summed E-state index contributed by atoms with van der Waals surface area (Å²) in [6, 6.07) is 5.89. The Morgan fingerprint density at radius 3 is 3.14 bits per heavy atom. The van der Waals surface area contributed by atoms with E-state index < -0.39 is 0 Å². The third-order valence-corrected chi connectivity index (χ3v) is 2.77. The molecular formula is C10H13N3S. The van der Waals surface area contributed by atoms with Gasteiger partial charge in [0.25, 0.3) is 0 Å². The van der Waals surface area contributed by atoms with Crippen LogP contribution in [0.25, 0.3) is 10.9 Å². The van der Waals surface area contributed by atoms with Gasteiger partial charge in [-0.3, -0.25) is 4.68 Å². The summed E-state index contributed by atoms with van der Waals surface area (Å²) in [5.74, 6) is 1.07. The molecule has 4 heteroatoms. The molecule has 0 saturated carbocycles. The molecule has 1 aromatic heterocycles. The molecule has 0 bridgehead atoms. The zero-order valence-electron chi connectivity index (χ0n) is 8.10. The number of nitrogen functional groups attached to an aromatic ring is 1. The number of aromatic nitrogens is 2. The first-order valence-corrected chi connectivity index (χ1v) is 5.90. The van der Waals surface area contributed by atoms with E-state index in [4.69, 9.17) is 5.73 Å². The maximum Gasteiger partial charge on any atom is 0.0703 e. The van der Waals surface area contributed by atoms with Gasteiger partial charge in [0.1, 0.15) is 0 Å². The highest BCUT2D eigenvalue weighted by Crippen LogP contribution is 2.17. The van der Waals surface area contributed by atoms with Gasteiger partial charge in [-0.2, -0.15) is 16.9 Å². The first kappa shape index (κ1) is 9.40. The number of aryl methyl sites for hydroxylation is 1. The zero-order chi connectivity index (χ0) is 9.97. The normalized spacial score (nSPS) is 10.9. The predicted molar refractivity (Wildman–Crippen MR) is 62.5 cm³/mol. The molecule has 14 heavy (non-hydrogen) atoms. The van der Waals surface area contributed by atoms with Crippen molar-refractivity contribution >= 4 is 28.4 Å². The highest BCUT2D eigenvalue weighted by Gasteiger charge is 2.01. The average molecular weight is 207 g/mol. The van der Waals surface area contributed by atoms with Crippen molar-refractivity contribution in [2.75, 3.05) is 17.7 Å². The fourth-order valence-corrected chi connectivity index (χ4v) is 1.80. The maximum absolute atomic E-state index is 5.73. The van der Waals surface area contributed by atoms with E-state index in [1.54, 1.807) is 0 Å². The van der Waals surface area contributed by atoms with E-state index in [2.05, 4.69) is 11.4 Å². The van der Waals surface area contributed by atoms with E-state index in [0.29, 0.717) is 0 Å². The summed E-state index contributed by atoms with van der Waals surface area (Å²) in [6.07, 6.45) is 3.98. The largest absolute Gasteiger partial charge is 0.399 e. The van der Waals surface area contributed by atoms with Gasteiger partial charge in [0, 0.05) is 16.8 Å². The van der Waals surface area contributed by atoms with Crippen LogP contribution in [-0.4, -0.2) is 21.8 Å². The Balaban J connectivity index is 2.40. The Hall–Kier alpha value is -1.16. The molecule has 1 aromatic carbocycles. The van der Waals surface area contributed by atoms with Gasteiger partial charge in [0.2, 0.25) is 0 Å². The van der Waals surface area contributed by atoms with Crippen LogP contribution >= 0.6 is 11.8 Å². The monoisotopic (exact) mass is 207 g/mol. The standard InChI is InChI=1S/C10H13N3S/c1-14-5-4-13-10-6-9(11)3-2-8(10)7-12-13/h2-3,6-7H,4-5,11H2,1H3. The van der Waals surface area contributed by atoms with Crippen LogP contribution in [0.5, 0.6) is 0 Å². The second-order valence-corrected chi connectivity index (χ2v) is 4.16. The summed E-state index contributed by atoms with van der Waals surface area (Å²) >= 11 is 1.82. The number of anilines is 1. The van der Waals surface area contributed by atoms with Crippen LogP contribution in [0.2, 0.25) is 0 Å². The van der Waals surface area contributed by atoms with Crippen LogP contribution in [0.1, 0.15) is 0 Å². The molecule has 3 nitrogen and oxygen atoms in total. The van der Waals surface area contributed by atoms with Crippen LogP contribution < -0.4 is 5.73 Å². The second kappa shape index (κ2) is 3.92. The SMILES string of the molecule is CSCCn1ncc2ccc(N)cc21. The molecule has 0 amide bonds. The molecule has 0 radical (unpaired) electrons. The Morgan fingerprint density at radius 1 is 1.50 bits per heavy atom. The lowest BCUT2D eigenvalue weighted by molar-refractivity contribution is 0.691. The van der Waals surface area contributed by atoms with Crippen molar-refractivity contribution < 1.29 is 0 Å². The summed E-state index contributed by atoms with van der Waals surface area (Å²) < 4.78 is 2.00. The molecule has 0 atom stereocenters. The van der Waals surface area contributed by atoms with E-state index in [1.807, 2.05) is 40.8 Å². The maximum atomic E-state index is 5.73. The van der Waals surface area contributed by atoms with E-state index in [9.17, 15) is 0 Å². The van der Waals surface area contributed by atoms with Gasteiger partial charge in [0.15, 0.2) is 0 Å². The highest BCUT2D eigenvalue weighted by atomic mass is 32.2. The number of fused-ring (bicyclic) bond motifs is 1. The number of hydrogen-bond donors (Lipinski definition) is 1. The molecular weight excluding hydrogens is 194 g/mol. The third kappa shape index (κ3) is 1.70. The first-order chi connectivity index (χ1) is 6.81. The van der Waals surface area contributed by atoms with Crippen molar-refractivity contribution in [3.05, 3.63) is 24.4 Å². The van der Waals surface area contributed by atoms with Gasteiger partial charge in [0.05, 0.1) is 18.3 Å². The minimum Gasteiger partial charge on any atom is -0.399 e. The zero-order valence-corrected chi connectivity index (χ0v) is 8.92. The minimum atomic E-state index is 0.795. The van der Waals surface area contributed by atoms with Gasteiger partial charge in [-0.1, -0.05) is 0 Å².